The average molecular weight is 522 g/mol. The van der Waals surface area contributed by atoms with E-state index in [2.05, 4.69) is 5.32 Å². The monoisotopic (exact) mass is 521 g/mol. The summed E-state index contributed by atoms with van der Waals surface area (Å²) in [5.74, 6) is 0.375. The molecule has 2 amide bonds. The number of ether oxygens (including phenoxy) is 2. The molecule has 1 fully saturated rings. The van der Waals surface area contributed by atoms with Crippen molar-refractivity contribution >= 4 is 40.5 Å². The van der Waals surface area contributed by atoms with Gasteiger partial charge in [0.2, 0.25) is 5.91 Å². The van der Waals surface area contributed by atoms with Gasteiger partial charge >= 0.3 is 0 Å². The van der Waals surface area contributed by atoms with Crippen LogP contribution < -0.4 is 19.7 Å². The van der Waals surface area contributed by atoms with Crippen LogP contribution in [-0.4, -0.2) is 48.1 Å². The van der Waals surface area contributed by atoms with Gasteiger partial charge in [0.05, 0.1) is 25.8 Å². The molecule has 37 heavy (non-hydrogen) atoms. The van der Waals surface area contributed by atoms with Crippen LogP contribution in [0.2, 0.25) is 0 Å². The second-order valence-electron chi connectivity index (χ2n) is 8.45. The highest BCUT2D eigenvalue weighted by molar-refractivity contribution is 7.80. The van der Waals surface area contributed by atoms with Crippen LogP contribution in [0.3, 0.4) is 0 Å². The lowest BCUT2D eigenvalue weighted by atomic mass is 10.1. The van der Waals surface area contributed by atoms with Crippen LogP contribution in [0.25, 0.3) is 0 Å². The molecule has 9 heteroatoms. The van der Waals surface area contributed by atoms with Gasteiger partial charge in [0, 0.05) is 18.3 Å². The Hall–Kier alpha value is -3.98. The summed E-state index contributed by atoms with van der Waals surface area (Å²) in [6, 6.07) is 19.5. The number of hydrogen-bond donors (Lipinski definition) is 1. The summed E-state index contributed by atoms with van der Waals surface area (Å²) in [4.78, 5) is 29.8. The molecule has 1 N–H and O–H groups in total. The highest BCUT2D eigenvalue weighted by Crippen LogP contribution is 2.29. The molecule has 1 unspecified atom stereocenters. The van der Waals surface area contributed by atoms with E-state index in [9.17, 15) is 14.0 Å². The van der Waals surface area contributed by atoms with E-state index < -0.39 is 6.04 Å². The second kappa shape index (κ2) is 11.8. The van der Waals surface area contributed by atoms with Crippen LogP contribution in [0.4, 0.5) is 15.8 Å². The van der Waals surface area contributed by atoms with Gasteiger partial charge in [0.25, 0.3) is 5.91 Å². The maximum Gasteiger partial charge on any atom is 0.256 e. The molecule has 0 saturated carbocycles. The highest BCUT2D eigenvalue weighted by Gasteiger charge is 2.43. The SMILES string of the molecule is CCOc1cccc(NC(=O)CC2C(=O)N(c3ccc(OC)cc3)C(=S)N2CCc2ccc(F)cc2)c1. The minimum absolute atomic E-state index is 0.0894. The minimum atomic E-state index is -0.787. The Kier molecular flexibility index (Phi) is 8.35. The third kappa shape index (κ3) is 6.24. The standard InChI is InChI=1S/C28H28FN3O4S/c1-3-36-24-6-4-5-21(17-24)30-26(33)18-25-27(34)32(22-11-13-23(35-2)14-12-22)28(37)31(25)16-15-19-7-9-20(29)10-8-19/h4-14,17,25H,3,15-16,18H2,1-2H3,(H,30,33). The molecule has 7 nitrogen and oxygen atoms in total. The first-order valence-corrected chi connectivity index (χ1v) is 12.4. The molecule has 3 aromatic rings. The zero-order valence-electron chi connectivity index (χ0n) is 20.6. The number of anilines is 2. The van der Waals surface area contributed by atoms with Gasteiger partial charge in [0.15, 0.2) is 5.11 Å². The Morgan fingerprint density at radius 2 is 1.78 bits per heavy atom. The van der Waals surface area contributed by atoms with Crippen molar-refractivity contribution in [2.45, 2.75) is 25.8 Å². The molecule has 0 aromatic heterocycles. The summed E-state index contributed by atoms with van der Waals surface area (Å²) >= 11 is 5.72. The Labute approximate surface area is 220 Å². The number of carbonyl (C=O) groups is 2. The van der Waals surface area contributed by atoms with Crippen molar-refractivity contribution in [2.24, 2.45) is 0 Å². The highest BCUT2D eigenvalue weighted by atomic mass is 32.1. The Bertz CT molecular complexity index is 1270. The third-order valence-corrected chi connectivity index (χ3v) is 6.43. The number of nitrogens with zero attached hydrogens (tertiary/aromatic N) is 2. The zero-order chi connectivity index (χ0) is 26.4. The molecule has 1 aliphatic heterocycles. The fourth-order valence-corrected chi connectivity index (χ4v) is 4.59. The topological polar surface area (TPSA) is 71.1 Å². The number of rotatable bonds is 10. The van der Waals surface area contributed by atoms with Crippen LogP contribution in [-0.2, 0) is 16.0 Å². The fourth-order valence-electron chi connectivity index (χ4n) is 4.17. The van der Waals surface area contributed by atoms with Crippen LogP contribution >= 0.6 is 12.2 Å². The van der Waals surface area contributed by atoms with Crippen LogP contribution in [0, 0.1) is 5.82 Å². The molecule has 1 saturated heterocycles. The normalized spacial score (nSPS) is 15.2. The summed E-state index contributed by atoms with van der Waals surface area (Å²) < 4.78 is 24.1. The number of methoxy groups -OCH3 is 1. The molecule has 1 aliphatic rings. The molecule has 3 aromatic carbocycles. The lowest BCUT2D eigenvalue weighted by Gasteiger charge is -2.24. The van der Waals surface area contributed by atoms with Crippen molar-refractivity contribution in [2.75, 3.05) is 30.5 Å². The first-order chi connectivity index (χ1) is 17.9. The smallest absolute Gasteiger partial charge is 0.256 e. The van der Waals surface area contributed by atoms with Crippen molar-refractivity contribution in [1.82, 2.24) is 4.90 Å². The van der Waals surface area contributed by atoms with Crippen molar-refractivity contribution < 1.29 is 23.5 Å². The van der Waals surface area contributed by atoms with Crippen molar-refractivity contribution in [1.29, 1.82) is 0 Å². The average Bonchev–Trinajstić information content (AvgIpc) is 3.12. The van der Waals surface area contributed by atoms with Gasteiger partial charge in [0.1, 0.15) is 23.4 Å². The maximum absolute atomic E-state index is 13.6. The van der Waals surface area contributed by atoms with Gasteiger partial charge in [-0.1, -0.05) is 18.2 Å². The van der Waals surface area contributed by atoms with E-state index >= 15 is 0 Å². The molecule has 192 valence electrons. The van der Waals surface area contributed by atoms with E-state index in [0.717, 1.165) is 5.56 Å². The molecule has 1 heterocycles. The van der Waals surface area contributed by atoms with Gasteiger partial charge < -0.3 is 19.7 Å². The Morgan fingerprint density at radius 3 is 2.46 bits per heavy atom. The molecule has 1 atom stereocenters. The first-order valence-electron chi connectivity index (χ1n) is 12.0. The van der Waals surface area contributed by atoms with E-state index in [0.29, 0.717) is 47.6 Å². The van der Waals surface area contributed by atoms with Crippen LogP contribution in [0.1, 0.15) is 18.9 Å². The number of hydrogen-bond acceptors (Lipinski definition) is 5. The van der Waals surface area contributed by atoms with E-state index in [4.69, 9.17) is 21.7 Å². The fraction of sp³-hybridized carbons (Fsp3) is 0.250. The lowest BCUT2D eigenvalue weighted by molar-refractivity contribution is -0.124. The molecule has 0 aliphatic carbocycles. The third-order valence-electron chi connectivity index (χ3n) is 6.01. The van der Waals surface area contributed by atoms with Crippen molar-refractivity contribution in [3.8, 4) is 11.5 Å². The number of halogens is 1. The summed E-state index contributed by atoms with van der Waals surface area (Å²) in [5, 5.41) is 3.17. The quantitative estimate of drug-likeness (QED) is 0.386. The van der Waals surface area contributed by atoms with Gasteiger partial charge in [-0.15, -0.1) is 0 Å². The predicted molar refractivity (Wildman–Crippen MR) is 145 cm³/mol. The molecular weight excluding hydrogens is 493 g/mol. The van der Waals surface area contributed by atoms with Crippen molar-refractivity contribution in [3.63, 3.8) is 0 Å². The summed E-state index contributed by atoms with van der Waals surface area (Å²) in [6.45, 7) is 2.78. The Balaban J connectivity index is 1.54. The number of nitrogens with one attached hydrogen (secondary N) is 1. The lowest BCUT2D eigenvalue weighted by Crippen LogP contribution is -2.39. The largest absolute Gasteiger partial charge is 0.497 e. The molecule has 0 bridgehead atoms. The van der Waals surface area contributed by atoms with Gasteiger partial charge in [-0.05, 0) is 79.7 Å². The zero-order valence-corrected chi connectivity index (χ0v) is 21.5. The summed E-state index contributed by atoms with van der Waals surface area (Å²) in [7, 11) is 1.57. The van der Waals surface area contributed by atoms with E-state index in [1.807, 2.05) is 13.0 Å². The van der Waals surface area contributed by atoms with Gasteiger partial charge in [-0.25, -0.2) is 4.39 Å². The molecular formula is C28H28FN3O4S. The maximum atomic E-state index is 13.6. The molecule has 0 radical (unpaired) electrons. The van der Waals surface area contributed by atoms with Crippen LogP contribution in [0.5, 0.6) is 11.5 Å². The number of carbonyl (C=O) groups excluding carboxylic acids is 2. The van der Waals surface area contributed by atoms with Crippen molar-refractivity contribution in [3.05, 3.63) is 84.2 Å². The summed E-state index contributed by atoms with van der Waals surface area (Å²) in [6.07, 6.45) is 0.437. The molecule has 4 rings (SSSR count). The summed E-state index contributed by atoms with van der Waals surface area (Å²) in [5.41, 5.74) is 2.07. The van der Waals surface area contributed by atoms with Gasteiger partial charge in [-0.2, -0.15) is 0 Å². The number of benzene rings is 3. The Morgan fingerprint density at radius 1 is 1.05 bits per heavy atom. The first kappa shape index (κ1) is 26.1. The number of amides is 2. The van der Waals surface area contributed by atoms with Gasteiger partial charge in [-0.3, -0.25) is 14.5 Å². The van der Waals surface area contributed by atoms with E-state index in [-0.39, 0.29) is 24.1 Å². The van der Waals surface area contributed by atoms with E-state index in [1.165, 1.54) is 17.0 Å². The van der Waals surface area contributed by atoms with E-state index in [1.54, 1.807) is 66.6 Å². The molecule has 0 spiro atoms. The predicted octanol–water partition coefficient (Wildman–Crippen LogP) is 4.81. The number of thiocarbonyl (C=S) groups is 1. The second-order valence-corrected chi connectivity index (χ2v) is 8.82. The minimum Gasteiger partial charge on any atom is -0.497 e. The van der Waals surface area contributed by atoms with Crippen LogP contribution in [0.15, 0.2) is 72.8 Å².